The molecule has 0 atom stereocenters. The first kappa shape index (κ1) is 9.90. The summed E-state index contributed by atoms with van der Waals surface area (Å²) < 4.78 is 5.75. The number of fused-ring (bicyclic) bond motifs is 1. The van der Waals surface area contributed by atoms with E-state index in [-0.39, 0.29) is 0 Å². The van der Waals surface area contributed by atoms with Crippen LogP contribution in [-0.2, 0) is 0 Å². The van der Waals surface area contributed by atoms with Crippen molar-refractivity contribution in [3.63, 3.8) is 0 Å². The normalized spacial score (nSPS) is 10.9. The first-order valence-electron chi connectivity index (χ1n) is 5.45. The predicted octanol–water partition coefficient (Wildman–Crippen LogP) is 3.39. The Morgan fingerprint density at radius 1 is 1.18 bits per heavy atom. The summed E-state index contributed by atoms with van der Waals surface area (Å²) in [4.78, 5) is 4.25. The van der Waals surface area contributed by atoms with Crippen molar-refractivity contribution >= 4 is 16.7 Å². The van der Waals surface area contributed by atoms with E-state index in [1.54, 1.807) is 6.20 Å². The second-order valence-corrected chi connectivity index (χ2v) is 4.09. The lowest BCUT2D eigenvalue weighted by molar-refractivity contribution is 0.629. The largest absolute Gasteiger partial charge is 0.454 e. The van der Waals surface area contributed by atoms with Crippen LogP contribution in [0.2, 0.25) is 0 Å². The van der Waals surface area contributed by atoms with Gasteiger partial charge in [0.25, 0.3) is 0 Å². The first-order chi connectivity index (χ1) is 8.24. The summed E-state index contributed by atoms with van der Waals surface area (Å²) in [6.45, 7) is 2.06. The number of aryl methyl sites for hydroxylation is 1. The van der Waals surface area contributed by atoms with E-state index in [2.05, 4.69) is 18.0 Å². The lowest BCUT2D eigenvalue weighted by atomic mass is 10.1. The second kappa shape index (κ2) is 3.63. The molecule has 0 unspecified atom stereocenters. The first-order valence-corrected chi connectivity index (χ1v) is 5.45. The van der Waals surface area contributed by atoms with Crippen LogP contribution in [0.1, 0.15) is 5.56 Å². The summed E-state index contributed by atoms with van der Waals surface area (Å²) >= 11 is 0. The van der Waals surface area contributed by atoms with E-state index >= 15 is 0 Å². The average Bonchev–Trinajstić information content (AvgIpc) is 2.72. The molecule has 0 aliphatic rings. The van der Waals surface area contributed by atoms with Gasteiger partial charge in [0.05, 0.1) is 5.69 Å². The van der Waals surface area contributed by atoms with E-state index in [1.807, 2.05) is 30.3 Å². The minimum absolute atomic E-state index is 0.628. The number of anilines is 1. The molecule has 84 valence electrons. The van der Waals surface area contributed by atoms with Crippen LogP contribution in [-0.4, -0.2) is 4.98 Å². The van der Waals surface area contributed by atoms with Crippen molar-refractivity contribution in [2.75, 3.05) is 5.73 Å². The molecule has 2 aromatic heterocycles. The number of hydrogen-bond donors (Lipinski definition) is 1. The van der Waals surface area contributed by atoms with Gasteiger partial charge in [0.2, 0.25) is 0 Å². The summed E-state index contributed by atoms with van der Waals surface area (Å²) in [7, 11) is 0. The molecule has 0 saturated carbocycles. The molecule has 3 nitrogen and oxygen atoms in total. The predicted molar refractivity (Wildman–Crippen MR) is 68.6 cm³/mol. The zero-order chi connectivity index (χ0) is 11.8. The number of aromatic nitrogens is 1. The van der Waals surface area contributed by atoms with Crippen LogP contribution in [0.3, 0.4) is 0 Å². The molecule has 0 aliphatic heterocycles. The zero-order valence-electron chi connectivity index (χ0n) is 9.47. The smallest absolute Gasteiger partial charge is 0.155 e. The van der Waals surface area contributed by atoms with E-state index in [0.29, 0.717) is 17.1 Å². The van der Waals surface area contributed by atoms with Gasteiger partial charge in [-0.15, -0.1) is 0 Å². The third-order valence-corrected chi connectivity index (χ3v) is 2.74. The van der Waals surface area contributed by atoms with Gasteiger partial charge in [0, 0.05) is 11.6 Å². The van der Waals surface area contributed by atoms with Crippen molar-refractivity contribution in [2.24, 2.45) is 0 Å². The Labute approximate surface area is 98.9 Å². The fourth-order valence-corrected chi connectivity index (χ4v) is 1.90. The monoisotopic (exact) mass is 224 g/mol. The quantitative estimate of drug-likeness (QED) is 0.689. The number of pyridine rings is 1. The number of nitrogens with zero attached hydrogens (tertiary/aromatic N) is 1. The molecule has 0 spiro atoms. The van der Waals surface area contributed by atoms with E-state index in [0.717, 1.165) is 11.0 Å². The van der Waals surface area contributed by atoms with Crippen molar-refractivity contribution in [2.45, 2.75) is 6.92 Å². The summed E-state index contributed by atoms with van der Waals surface area (Å²) in [6.07, 6.45) is 1.71. The molecule has 0 fully saturated rings. The SMILES string of the molecule is Cc1ccc2oc(-c3ncccc3N)cc2c1. The second-order valence-electron chi connectivity index (χ2n) is 4.09. The van der Waals surface area contributed by atoms with Crippen LogP contribution in [0.5, 0.6) is 0 Å². The summed E-state index contributed by atoms with van der Waals surface area (Å²) in [5.74, 6) is 0.712. The van der Waals surface area contributed by atoms with Gasteiger partial charge in [-0.2, -0.15) is 0 Å². The number of hydrogen-bond acceptors (Lipinski definition) is 3. The van der Waals surface area contributed by atoms with Crippen LogP contribution in [0.4, 0.5) is 5.69 Å². The van der Waals surface area contributed by atoms with Crippen molar-refractivity contribution in [1.82, 2.24) is 4.98 Å². The highest BCUT2D eigenvalue weighted by atomic mass is 16.3. The Bertz CT molecular complexity index is 686. The van der Waals surface area contributed by atoms with Crippen LogP contribution in [0.25, 0.3) is 22.4 Å². The molecule has 3 heteroatoms. The maximum atomic E-state index is 5.88. The molecule has 2 heterocycles. The Hall–Kier alpha value is -2.29. The standard InChI is InChI=1S/C14H12N2O/c1-9-4-5-12-10(7-9)8-13(17-12)14-11(15)3-2-6-16-14/h2-8H,15H2,1H3. The minimum Gasteiger partial charge on any atom is -0.454 e. The fraction of sp³-hybridized carbons (Fsp3) is 0.0714. The van der Waals surface area contributed by atoms with Crippen LogP contribution in [0, 0.1) is 6.92 Å². The number of nitrogens with two attached hydrogens (primary N) is 1. The number of furan rings is 1. The van der Waals surface area contributed by atoms with Crippen molar-refractivity contribution in [3.05, 3.63) is 48.2 Å². The summed E-state index contributed by atoms with van der Waals surface area (Å²) in [5, 5.41) is 1.07. The third-order valence-electron chi connectivity index (χ3n) is 2.74. The molecule has 0 aliphatic carbocycles. The molecule has 17 heavy (non-hydrogen) atoms. The molecule has 0 saturated heterocycles. The van der Waals surface area contributed by atoms with Gasteiger partial charge in [-0.05, 0) is 37.3 Å². The lowest BCUT2D eigenvalue weighted by Crippen LogP contribution is -1.90. The summed E-state index contributed by atoms with van der Waals surface area (Å²) in [6, 6.07) is 11.7. The van der Waals surface area contributed by atoms with Gasteiger partial charge in [-0.25, -0.2) is 0 Å². The highest BCUT2D eigenvalue weighted by molar-refractivity contribution is 5.84. The lowest BCUT2D eigenvalue weighted by Gasteiger charge is -1.98. The fourth-order valence-electron chi connectivity index (χ4n) is 1.90. The summed E-state index contributed by atoms with van der Waals surface area (Å²) in [5.41, 5.74) is 9.27. The Morgan fingerprint density at radius 2 is 2.06 bits per heavy atom. The van der Waals surface area contributed by atoms with E-state index in [4.69, 9.17) is 10.2 Å². The van der Waals surface area contributed by atoms with E-state index < -0.39 is 0 Å². The van der Waals surface area contributed by atoms with Gasteiger partial charge in [0.1, 0.15) is 11.3 Å². The molecule has 2 N–H and O–H groups in total. The maximum absolute atomic E-state index is 5.88. The molecular weight excluding hydrogens is 212 g/mol. The van der Waals surface area contributed by atoms with Crippen molar-refractivity contribution in [3.8, 4) is 11.5 Å². The Balaban J connectivity index is 2.22. The van der Waals surface area contributed by atoms with Crippen LogP contribution in [0.15, 0.2) is 47.0 Å². The van der Waals surface area contributed by atoms with Crippen LogP contribution < -0.4 is 5.73 Å². The van der Waals surface area contributed by atoms with Crippen molar-refractivity contribution < 1.29 is 4.42 Å². The topological polar surface area (TPSA) is 52.0 Å². The Morgan fingerprint density at radius 3 is 2.88 bits per heavy atom. The maximum Gasteiger partial charge on any atom is 0.155 e. The van der Waals surface area contributed by atoms with Gasteiger partial charge in [-0.3, -0.25) is 4.98 Å². The van der Waals surface area contributed by atoms with Crippen LogP contribution >= 0.6 is 0 Å². The number of nitrogen functional groups attached to an aromatic ring is 1. The zero-order valence-corrected chi connectivity index (χ0v) is 9.47. The van der Waals surface area contributed by atoms with Gasteiger partial charge < -0.3 is 10.2 Å². The highest BCUT2D eigenvalue weighted by Crippen LogP contribution is 2.29. The van der Waals surface area contributed by atoms with E-state index in [9.17, 15) is 0 Å². The number of rotatable bonds is 1. The molecule has 0 radical (unpaired) electrons. The molecule has 3 rings (SSSR count). The minimum atomic E-state index is 0.628. The van der Waals surface area contributed by atoms with Gasteiger partial charge in [0.15, 0.2) is 5.76 Å². The van der Waals surface area contributed by atoms with Gasteiger partial charge >= 0.3 is 0 Å². The Kier molecular flexibility index (Phi) is 2.11. The molecule has 0 amide bonds. The average molecular weight is 224 g/mol. The third kappa shape index (κ3) is 1.65. The number of benzene rings is 1. The molecule has 1 aromatic carbocycles. The molecule has 3 aromatic rings. The molecule has 0 bridgehead atoms. The highest BCUT2D eigenvalue weighted by Gasteiger charge is 2.09. The molecular formula is C14H12N2O. The van der Waals surface area contributed by atoms with E-state index in [1.165, 1.54) is 5.56 Å². The van der Waals surface area contributed by atoms with Crippen molar-refractivity contribution in [1.29, 1.82) is 0 Å². The van der Waals surface area contributed by atoms with Gasteiger partial charge in [-0.1, -0.05) is 11.6 Å².